The van der Waals surface area contributed by atoms with Crippen molar-refractivity contribution >= 4 is 28.5 Å². The number of aromatic amines is 1. The van der Waals surface area contributed by atoms with Crippen LogP contribution in [0, 0.1) is 17.0 Å². The molecule has 2 aromatic heterocycles. The second kappa shape index (κ2) is 8.91. The van der Waals surface area contributed by atoms with Gasteiger partial charge in [0.1, 0.15) is 6.04 Å². The van der Waals surface area contributed by atoms with Crippen LogP contribution in [0.4, 0.5) is 5.69 Å². The summed E-state index contributed by atoms with van der Waals surface area (Å²) in [5, 5.41) is 22.6. The minimum absolute atomic E-state index is 0.00524. The molecule has 0 aliphatic carbocycles. The minimum Gasteiger partial charge on any atom is -0.467 e. The van der Waals surface area contributed by atoms with Gasteiger partial charge in [0.2, 0.25) is 0 Å². The lowest BCUT2D eigenvalue weighted by atomic mass is 10.0. The van der Waals surface area contributed by atoms with Gasteiger partial charge in [0.25, 0.3) is 11.6 Å². The van der Waals surface area contributed by atoms with Gasteiger partial charge in [-0.15, -0.1) is 5.10 Å². The zero-order valence-corrected chi connectivity index (χ0v) is 17.8. The summed E-state index contributed by atoms with van der Waals surface area (Å²) in [6.07, 6.45) is 2.00. The number of nitrogens with one attached hydrogen (secondary N) is 2. The van der Waals surface area contributed by atoms with Crippen molar-refractivity contribution in [2.45, 2.75) is 19.4 Å². The number of H-pyrrole nitrogens is 1. The number of hydrogen-bond acceptors (Lipinski definition) is 7. The third kappa shape index (κ3) is 4.28. The average Bonchev–Trinajstić information content (AvgIpc) is 3.41. The maximum Gasteiger partial charge on any atom is 0.328 e. The van der Waals surface area contributed by atoms with Crippen molar-refractivity contribution in [3.8, 4) is 5.69 Å². The average molecular weight is 448 g/mol. The molecule has 0 unspecified atom stereocenters. The molecule has 0 bridgehead atoms. The van der Waals surface area contributed by atoms with Gasteiger partial charge in [0.15, 0.2) is 5.69 Å². The molecule has 33 heavy (non-hydrogen) atoms. The molecule has 1 amide bonds. The second-order valence-electron chi connectivity index (χ2n) is 7.33. The summed E-state index contributed by atoms with van der Waals surface area (Å²) < 4.78 is 6.21. The predicted molar refractivity (Wildman–Crippen MR) is 118 cm³/mol. The fraction of sp³-hybridized carbons (Fsp3) is 0.182. The summed E-state index contributed by atoms with van der Waals surface area (Å²) in [5.74, 6) is -1.21. The first-order valence-corrected chi connectivity index (χ1v) is 10.00. The quantitative estimate of drug-likeness (QED) is 0.251. The molecule has 2 N–H and O–H groups in total. The van der Waals surface area contributed by atoms with Gasteiger partial charge < -0.3 is 15.0 Å². The number of para-hydroxylation sites is 1. The normalized spacial score (nSPS) is 11.8. The number of nitrogens with zero attached hydrogens (tertiary/aromatic N) is 4. The van der Waals surface area contributed by atoms with Crippen LogP contribution >= 0.6 is 0 Å². The van der Waals surface area contributed by atoms with E-state index in [4.69, 9.17) is 4.74 Å². The second-order valence-corrected chi connectivity index (χ2v) is 7.33. The molecule has 2 heterocycles. The van der Waals surface area contributed by atoms with Gasteiger partial charge in [0.05, 0.1) is 23.4 Å². The zero-order chi connectivity index (χ0) is 23.5. The number of non-ortho nitro benzene ring substituents is 1. The van der Waals surface area contributed by atoms with Crippen molar-refractivity contribution in [2.24, 2.45) is 0 Å². The van der Waals surface area contributed by atoms with E-state index >= 15 is 0 Å². The Bertz CT molecular complexity index is 1360. The molecule has 0 radical (unpaired) electrons. The first-order chi connectivity index (χ1) is 15.9. The molecule has 4 rings (SSSR count). The van der Waals surface area contributed by atoms with Crippen molar-refractivity contribution < 1.29 is 19.2 Å². The molecule has 0 spiro atoms. The number of hydrogen-bond donors (Lipinski definition) is 2. The molecule has 11 heteroatoms. The Morgan fingerprint density at radius 3 is 2.79 bits per heavy atom. The van der Waals surface area contributed by atoms with Crippen LogP contribution in [-0.4, -0.2) is 49.9 Å². The van der Waals surface area contributed by atoms with Crippen molar-refractivity contribution in [3.63, 3.8) is 0 Å². The molecule has 11 nitrogen and oxygen atoms in total. The predicted octanol–water partition coefficient (Wildman–Crippen LogP) is 2.48. The highest BCUT2D eigenvalue weighted by atomic mass is 16.6. The van der Waals surface area contributed by atoms with Crippen LogP contribution in [0.15, 0.2) is 54.7 Å². The number of carbonyl (C=O) groups is 2. The van der Waals surface area contributed by atoms with E-state index in [1.54, 1.807) is 19.2 Å². The summed E-state index contributed by atoms with van der Waals surface area (Å²) in [7, 11) is 1.25. The topological polar surface area (TPSA) is 145 Å². The van der Waals surface area contributed by atoms with E-state index in [1.165, 1.54) is 30.0 Å². The van der Waals surface area contributed by atoms with Gasteiger partial charge in [-0.05, 0) is 24.6 Å². The van der Waals surface area contributed by atoms with E-state index in [2.05, 4.69) is 20.6 Å². The van der Waals surface area contributed by atoms with Gasteiger partial charge in [-0.25, -0.2) is 9.48 Å². The van der Waals surface area contributed by atoms with E-state index < -0.39 is 22.8 Å². The molecular weight excluding hydrogens is 428 g/mol. The van der Waals surface area contributed by atoms with Crippen LogP contribution in [-0.2, 0) is 16.0 Å². The summed E-state index contributed by atoms with van der Waals surface area (Å²) in [5.41, 5.74) is 2.39. The highest BCUT2D eigenvalue weighted by Crippen LogP contribution is 2.21. The summed E-state index contributed by atoms with van der Waals surface area (Å²) in [6, 6.07) is 12.5. The monoisotopic (exact) mass is 448 g/mol. The van der Waals surface area contributed by atoms with E-state index in [0.717, 1.165) is 16.5 Å². The van der Waals surface area contributed by atoms with Gasteiger partial charge in [-0.2, -0.15) is 0 Å². The number of fused-ring (bicyclic) bond motifs is 1. The largest absolute Gasteiger partial charge is 0.467 e. The number of carbonyl (C=O) groups excluding carboxylic acids is 2. The third-order valence-corrected chi connectivity index (χ3v) is 5.28. The van der Waals surface area contributed by atoms with Crippen LogP contribution in [0.2, 0.25) is 0 Å². The molecular formula is C22H20N6O5. The lowest BCUT2D eigenvalue weighted by Crippen LogP contribution is -2.43. The fourth-order valence-electron chi connectivity index (χ4n) is 3.61. The number of nitro benzene ring substituents is 1. The number of nitro groups is 1. The fourth-order valence-corrected chi connectivity index (χ4v) is 3.61. The number of amides is 1. The molecule has 2 aromatic carbocycles. The summed E-state index contributed by atoms with van der Waals surface area (Å²) >= 11 is 0. The Labute approximate surface area is 187 Å². The smallest absolute Gasteiger partial charge is 0.328 e. The summed E-state index contributed by atoms with van der Waals surface area (Å²) in [4.78, 5) is 39.0. The van der Waals surface area contributed by atoms with Crippen LogP contribution in [0.1, 0.15) is 21.7 Å². The highest BCUT2D eigenvalue weighted by Gasteiger charge is 2.27. The van der Waals surface area contributed by atoms with Crippen LogP contribution in [0.3, 0.4) is 0 Å². The minimum atomic E-state index is -0.955. The van der Waals surface area contributed by atoms with Crippen molar-refractivity contribution in [3.05, 3.63) is 81.8 Å². The first-order valence-electron chi connectivity index (χ1n) is 10.00. The molecule has 1 atom stereocenters. The van der Waals surface area contributed by atoms with E-state index in [1.807, 2.05) is 24.3 Å². The Morgan fingerprint density at radius 1 is 1.24 bits per heavy atom. The molecule has 0 saturated heterocycles. The van der Waals surface area contributed by atoms with E-state index in [-0.39, 0.29) is 17.8 Å². The van der Waals surface area contributed by atoms with Gasteiger partial charge >= 0.3 is 5.97 Å². The maximum atomic E-state index is 13.0. The van der Waals surface area contributed by atoms with Crippen molar-refractivity contribution in [1.82, 2.24) is 25.3 Å². The highest BCUT2D eigenvalue weighted by molar-refractivity contribution is 5.96. The molecule has 0 saturated carbocycles. The Morgan fingerprint density at radius 2 is 2.03 bits per heavy atom. The standard InChI is InChI=1S/C22H20N6O5/c1-13-20(25-26-27(13)15-6-5-7-16(11-15)28(31)32)21(29)24-19(22(30)33-2)10-14-12-23-18-9-4-3-8-17(14)18/h3-9,11-12,19,23H,10H2,1-2H3,(H,24,29)/t19-/m1/s1. The number of esters is 1. The van der Waals surface area contributed by atoms with Gasteiger partial charge in [0, 0.05) is 35.7 Å². The van der Waals surface area contributed by atoms with Gasteiger partial charge in [-0.3, -0.25) is 14.9 Å². The first kappa shape index (κ1) is 21.7. The lowest BCUT2D eigenvalue weighted by molar-refractivity contribution is -0.384. The van der Waals surface area contributed by atoms with Crippen LogP contribution < -0.4 is 5.32 Å². The number of methoxy groups -OCH3 is 1. The molecule has 0 aliphatic heterocycles. The Hall–Kier alpha value is -4.54. The molecule has 4 aromatic rings. The lowest BCUT2D eigenvalue weighted by Gasteiger charge is -2.16. The SMILES string of the molecule is COC(=O)[C@@H](Cc1c[nH]c2ccccc12)NC(=O)c1nnn(-c2cccc([N+](=O)[O-])c2)c1C. The number of aromatic nitrogens is 4. The van der Waals surface area contributed by atoms with E-state index in [9.17, 15) is 19.7 Å². The molecule has 0 aliphatic rings. The van der Waals surface area contributed by atoms with Crippen LogP contribution in [0.5, 0.6) is 0 Å². The summed E-state index contributed by atoms with van der Waals surface area (Å²) in [6.45, 7) is 1.61. The number of rotatable bonds is 7. The zero-order valence-electron chi connectivity index (χ0n) is 17.8. The Balaban J connectivity index is 1.58. The molecule has 0 fully saturated rings. The third-order valence-electron chi connectivity index (χ3n) is 5.28. The maximum absolute atomic E-state index is 13.0. The Kier molecular flexibility index (Phi) is 5.85. The van der Waals surface area contributed by atoms with Crippen LogP contribution in [0.25, 0.3) is 16.6 Å². The van der Waals surface area contributed by atoms with Crippen molar-refractivity contribution in [1.29, 1.82) is 0 Å². The van der Waals surface area contributed by atoms with Crippen molar-refractivity contribution in [2.75, 3.05) is 7.11 Å². The molecule has 168 valence electrons. The number of benzene rings is 2. The van der Waals surface area contributed by atoms with Gasteiger partial charge in [-0.1, -0.05) is 29.5 Å². The van der Waals surface area contributed by atoms with E-state index in [0.29, 0.717) is 11.4 Å². The number of ether oxygens (including phenoxy) is 1.